The van der Waals surface area contributed by atoms with Crippen molar-refractivity contribution >= 4 is 17.3 Å². The number of nitrogens with zero attached hydrogens (tertiary/aromatic N) is 3. The van der Waals surface area contributed by atoms with Crippen LogP contribution in [0.5, 0.6) is 0 Å². The monoisotopic (exact) mass is 383 g/mol. The van der Waals surface area contributed by atoms with Gasteiger partial charge >= 0.3 is 0 Å². The number of carbonyl (C=O) groups is 1. The largest absolute Gasteiger partial charge is 0.382 e. The van der Waals surface area contributed by atoms with E-state index >= 15 is 0 Å². The second-order valence-corrected chi connectivity index (χ2v) is 6.08. The number of ether oxygens (including phenoxy) is 2. The molecule has 0 aromatic carbocycles. The molecule has 1 aromatic rings. The first-order chi connectivity index (χ1) is 12.8. The summed E-state index contributed by atoms with van der Waals surface area (Å²) in [6.07, 6.45) is 2.07. The minimum Gasteiger partial charge on any atom is -0.382 e. The normalized spacial score (nSPS) is 15.9. The van der Waals surface area contributed by atoms with E-state index in [9.17, 15) is 18.8 Å². The van der Waals surface area contributed by atoms with Gasteiger partial charge in [-0.25, -0.2) is 4.98 Å². The van der Waals surface area contributed by atoms with Crippen LogP contribution in [0.3, 0.4) is 0 Å². The van der Waals surface area contributed by atoms with E-state index in [0.717, 1.165) is 6.92 Å². The van der Waals surface area contributed by atoms with Crippen molar-refractivity contribution in [3.8, 4) is 0 Å². The third-order valence-corrected chi connectivity index (χ3v) is 3.93. The summed E-state index contributed by atoms with van der Waals surface area (Å²) in [4.78, 5) is 20.7. The van der Waals surface area contributed by atoms with Gasteiger partial charge in [0.15, 0.2) is 0 Å². The first kappa shape index (κ1) is 21.1. The van der Waals surface area contributed by atoms with Crippen LogP contribution in [0.4, 0.5) is 8.78 Å². The van der Waals surface area contributed by atoms with E-state index in [1.165, 1.54) is 26.2 Å². The Morgan fingerprint density at radius 3 is 2.74 bits per heavy atom. The van der Waals surface area contributed by atoms with Crippen molar-refractivity contribution in [1.82, 2.24) is 10.0 Å². The molecule has 1 aliphatic heterocycles. The first-order valence-electron chi connectivity index (χ1n) is 8.45. The summed E-state index contributed by atoms with van der Waals surface area (Å²) in [6.45, 7) is 3.15. The van der Waals surface area contributed by atoms with Crippen molar-refractivity contribution < 1.29 is 28.3 Å². The summed E-state index contributed by atoms with van der Waals surface area (Å²) in [7, 11) is 1.52. The van der Waals surface area contributed by atoms with Gasteiger partial charge in [0.2, 0.25) is 0 Å². The molecule has 0 radical (unpaired) electrons. The maximum atomic E-state index is 13.7. The maximum absolute atomic E-state index is 13.7. The molecule has 1 aliphatic rings. The zero-order valence-electron chi connectivity index (χ0n) is 15.5. The minimum atomic E-state index is -3.13. The number of methoxy groups -OCH3 is 1. The maximum Gasteiger partial charge on any atom is 0.286 e. The van der Waals surface area contributed by atoms with Crippen molar-refractivity contribution in [2.75, 3.05) is 26.9 Å². The number of pyridine rings is 1. The highest BCUT2D eigenvalue weighted by Gasteiger charge is 2.29. The molecular formula is C18H23F2N3O4. The van der Waals surface area contributed by atoms with Gasteiger partial charge in [0, 0.05) is 31.7 Å². The van der Waals surface area contributed by atoms with Gasteiger partial charge in [0.05, 0.1) is 25.5 Å². The zero-order valence-corrected chi connectivity index (χ0v) is 15.5. The lowest BCUT2D eigenvalue weighted by Gasteiger charge is -2.21. The predicted molar refractivity (Wildman–Crippen MR) is 94.5 cm³/mol. The summed E-state index contributed by atoms with van der Waals surface area (Å²) in [6, 6.07) is 2.57. The summed E-state index contributed by atoms with van der Waals surface area (Å²) in [5, 5.41) is 10.5. The van der Waals surface area contributed by atoms with Crippen molar-refractivity contribution in [3.05, 3.63) is 35.2 Å². The quantitative estimate of drug-likeness (QED) is 0.578. The van der Waals surface area contributed by atoms with E-state index in [4.69, 9.17) is 9.47 Å². The fourth-order valence-corrected chi connectivity index (χ4v) is 2.49. The number of amides is 1. The zero-order chi connectivity index (χ0) is 20.0. The van der Waals surface area contributed by atoms with Crippen LogP contribution in [0.2, 0.25) is 0 Å². The molecule has 0 bridgehead atoms. The molecule has 9 heteroatoms. The Balaban J connectivity index is 2.42. The van der Waals surface area contributed by atoms with E-state index in [1.54, 1.807) is 6.08 Å². The molecule has 27 heavy (non-hydrogen) atoms. The lowest BCUT2D eigenvalue weighted by atomic mass is 10.00. The number of rotatable bonds is 7. The number of hydroxylamine groups is 2. The molecule has 0 saturated carbocycles. The summed E-state index contributed by atoms with van der Waals surface area (Å²) < 4.78 is 37.7. The molecule has 0 saturated heterocycles. The highest BCUT2D eigenvalue weighted by molar-refractivity contribution is 6.23. The van der Waals surface area contributed by atoms with Crippen molar-refractivity contribution in [2.45, 2.75) is 32.8 Å². The highest BCUT2D eigenvalue weighted by atomic mass is 19.3. The molecule has 1 N–H and O–H groups in total. The van der Waals surface area contributed by atoms with Gasteiger partial charge in [-0.05, 0) is 19.4 Å². The second-order valence-electron chi connectivity index (χ2n) is 6.08. The molecule has 0 aliphatic carbocycles. The Labute approximate surface area is 156 Å². The predicted octanol–water partition coefficient (Wildman–Crippen LogP) is 2.78. The fraction of sp³-hybridized carbons (Fsp3) is 0.500. The molecule has 7 nitrogen and oxygen atoms in total. The SMILES string of the molecule is COCCOCc1nc(C(C)(F)F)ccc1C1=CCCN=C(C)N(O)C1=O. The molecule has 2 rings (SSSR count). The first-order valence-corrected chi connectivity index (χ1v) is 8.45. The minimum absolute atomic E-state index is 0.0776. The van der Waals surface area contributed by atoms with Crippen molar-refractivity contribution in [3.63, 3.8) is 0 Å². The van der Waals surface area contributed by atoms with E-state index < -0.39 is 17.5 Å². The van der Waals surface area contributed by atoms with Crippen molar-refractivity contribution in [1.29, 1.82) is 0 Å². The lowest BCUT2D eigenvalue weighted by molar-refractivity contribution is -0.142. The van der Waals surface area contributed by atoms with Crippen LogP contribution in [-0.4, -0.2) is 53.9 Å². The topological polar surface area (TPSA) is 84.2 Å². The van der Waals surface area contributed by atoms with E-state index in [1.807, 2.05) is 0 Å². The molecule has 0 atom stereocenters. The number of hydrogen-bond donors (Lipinski definition) is 1. The van der Waals surface area contributed by atoms with Gasteiger partial charge in [-0.2, -0.15) is 13.8 Å². The van der Waals surface area contributed by atoms with Crippen LogP contribution in [0, 0.1) is 0 Å². The molecule has 0 fully saturated rings. The molecule has 2 heterocycles. The third kappa shape index (κ3) is 5.38. The molecular weight excluding hydrogens is 360 g/mol. The van der Waals surface area contributed by atoms with E-state index in [-0.39, 0.29) is 30.3 Å². The summed E-state index contributed by atoms with van der Waals surface area (Å²) in [5.74, 6) is -3.68. The average molecular weight is 383 g/mol. The van der Waals surface area contributed by atoms with Gasteiger partial charge in [-0.1, -0.05) is 12.1 Å². The summed E-state index contributed by atoms with van der Waals surface area (Å²) in [5.41, 5.74) is 0.261. The van der Waals surface area contributed by atoms with Crippen LogP contribution in [0.25, 0.3) is 5.57 Å². The van der Waals surface area contributed by atoms with Gasteiger partial charge in [-0.3, -0.25) is 15.0 Å². The second kappa shape index (κ2) is 9.12. The van der Waals surface area contributed by atoms with E-state index in [0.29, 0.717) is 30.2 Å². The number of hydrogen-bond acceptors (Lipinski definition) is 6. The number of halogens is 2. The molecule has 148 valence electrons. The molecule has 1 aromatic heterocycles. The number of aromatic nitrogens is 1. The average Bonchev–Trinajstić information content (AvgIpc) is 2.62. The van der Waals surface area contributed by atoms with Crippen LogP contribution in [-0.2, 0) is 26.8 Å². The van der Waals surface area contributed by atoms with Gasteiger partial charge in [-0.15, -0.1) is 0 Å². The molecule has 0 spiro atoms. The standard InChI is InChI=1S/C18H23F2N3O4/c1-12-21-8-4-5-14(17(24)23(12)25)13-6-7-16(18(2,19)20)22-15(13)11-27-10-9-26-3/h5-7,25H,4,8-11H2,1-3H3. The Morgan fingerprint density at radius 2 is 2.07 bits per heavy atom. The van der Waals surface area contributed by atoms with Gasteiger partial charge < -0.3 is 9.47 Å². The number of carbonyl (C=O) groups excluding carboxylic acids is 1. The van der Waals surface area contributed by atoms with Gasteiger partial charge in [0.1, 0.15) is 11.5 Å². The van der Waals surface area contributed by atoms with Gasteiger partial charge in [0.25, 0.3) is 11.8 Å². The number of alkyl halides is 2. The third-order valence-electron chi connectivity index (χ3n) is 3.93. The molecule has 0 unspecified atom stereocenters. The Kier molecular flexibility index (Phi) is 7.11. The van der Waals surface area contributed by atoms with Crippen LogP contribution in [0.15, 0.2) is 23.2 Å². The number of aliphatic imine (C=N–C) groups is 1. The van der Waals surface area contributed by atoms with Crippen LogP contribution >= 0.6 is 0 Å². The van der Waals surface area contributed by atoms with Crippen LogP contribution < -0.4 is 0 Å². The Bertz CT molecular complexity index is 745. The highest BCUT2D eigenvalue weighted by Crippen LogP contribution is 2.29. The Morgan fingerprint density at radius 1 is 1.33 bits per heavy atom. The summed E-state index contributed by atoms with van der Waals surface area (Å²) >= 11 is 0. The number of amidine groups is 1. The smallest absolute Gasteiger partial charge is 0.286 e. The lowest BCUT2D eigenvalue weighted by Crippen LogP contribution is -2.34. The fourth-order valence-electron chi connectivity index (χ4n) is 2.49. The Hall–Kier alpha value is -2.23. The van der Waals surface area contributed by atoms with E-state index in [2.05, 4.69) is 9.98 Å². The van der Waals surface area contributed by atoms with Crippen molar-refractivity contribution in [2.24, 2.45) is 4.99 Å². The van der Waals surface area contributed by atoms with Crippen LogP contribution in [0.1, 0.15) is 37.2 Å². The molecule has 1 amide bonds.